The molecule has 164 valence electrons. The fraction of sp³-hybridized carbons (Fsp3) is 0.500. The van der Waals surface area contributed by atoms with Crippen LogP contribution in [-0.2, 0) is 16.1 Å². The number of benzene rings is 1. The number of hydrogen-bond donors (Lipinski definition) is 3. The molecule has 0 aliphatic carbocycles. The number of carbonyl (C=O) groups excluding carboxylic acids is 2. The quantitative estimate of drug-likeness (QED) is 0.631. The van der Waals surface area contributed by atoms with E-state index in [-0.39, 0.29) is 37.2 Å². The van der Waals surface area contributed by atoms with Crippen molar-refractivity contribution in [1.29, 1.82) is 0 Å². The summed E-state index contributed by atoms with van der Waals surface area (Å²) in [6, 6.07) is 6.08. The summed E-state index contributed by atoms with van der Waals surface area (Å²) >= 11 is 0. The van der Waals surface area contributed by atoms with Gasteiger partial charge in [0.15, 0.2) is 0 Å². The molecule has 4 N–H and O–H groups in total. The Labute approximate surface area is 182 Å². The van der Waals surface area contributed by atoms with Crippen LogP contribution in [0.4, 0.5) is 0 Å². The standard InChI is InChI=1S/C20H28N6O3.ClH/c1-20(2,3)17(21)19(29)25-12-15(27)10-16(25)18(28)22-11-13-4-6-14(7-5-13)26-9-8-23-24-26;/h4-9,15-17,27H,10-12,21H2,1-3H3,(H,22,28);1H/t15-,16+,17-;/m1./s1. The van der Waals surface area contributed by atoms with Crippen LogP contribution in [0.3, 0.4) is 0 Å². The van der Waals surface area contributed by atoms with E-state index in [0.29, 0.717) is 6.54 Å². The van der Waals surface area contributed by atoms with Crippen molar-refractivity contribution in [3.05, 3.63) is 42.2 Å². The number of likely N-dealkylation sites (tertiary alicyclic amines) is 1. The highest BCUT2D eigenvalue weighted by atomic mass is 35.5. The van der Waals surface area contributed by atoms with E-state index in [2.05, 4.69) is 15.6 Å². The van der Waals surface area contributed by atoms with Crippen molar-refractivity contribution in [2.45, 2.75) is 51.9 Å². The maximum absolute atomic E-state index is 12.8. The van der Waals surface area contributed by atoms with Gasteiger partial charge in [-0.1, -0.05) is 38.1 Å². The number of amides is 2. The first-order valence-electron chi connectivity index (χ1n) is 9.64. The maximum atomic E-state index is 12.8. The summed E-state index contributed by atoms with van der Waals surface area (Å²) in [5.41, 5.74) is 7.42. The molecule has 2 heterocycles. The van der Waals surface area contributed by atoms with Crippen molar-refractivity contribution in [2.24, 2.45) is 11.1 Å². The van der Waals surface area contributed by atoms with Crippen molar-refractivity contribution in [2.75, 3.05) is 6.54 Å². The van der Waals surface area contributed by atoms with Crippen molar-refractivity contribution in [3.8, 4) is 5.69 Å². The summed E-state index contributed by atoms with van der Waals surface area (Å²) in [5, 5.41) is 20.6. The minimum absolute atomic E-state index is 0. The van der Waals surface area contributed by atoms with E-state index in [9.17, 15) is 14.7 Å². The largest absolute Gasteiger partial charge is 0.391 e. The molecule has 1 aliphatic heterocycles. The lowest BCUT2D eigenvalue weighted by atomic mass is 9.86. The molecule has 0 unspecified atom stereocenters. The lowest BCUT2D eigenvalue weighted by Crippen LogP contribution is -2.54. The average Bonchev–Trinajstić information content (AvgIpc) is 3.34. The van der Waals surface area contributed by atoms with Crippen molar-refractivity contribution < 1.29 is 14.7 Å². The molecule has 1 saturated heterocycles. The molecule has 2 aromatic rings. The molecule has 10 heteroatoms. The zero-order valence-electron chi connectivity index (χ0n) is 17.4. The second-order valence-corrected chi connectivity index (χ2v) is 8.47. The van der Waals surface area contributed by atoms with Gasteiger partial charge >= 0.3 is 0 Å². The Morgan fingerprint density at radius 3 is 2.53 bits per heavy atom. The highest BCUT2D eigenvalue weighted by Crippen LogP contribution is 2.24. The SMILES string of the molecule is CC(C)(C)[C@H](N)C(=O)N1C[C@H](O)C[C@H]1C(=O)NCc1ccc(-n2ccnn2)cc1.Cl. The van der Waals surface area contributed by atoms with Gasteiger partial charge in [-0.05, 0) is 23.1 Å². The molecule has 0 bridgehead atoms. The predicted octanol–water partition coefficient (Wildman–Crippen LogP) is 0.641. The molecule has 1 aliphatic rings. The van der Waals surface area contributed by atoms with Crippen LogP contribution < -0.4 is 11.1 Å². The van der Waals surface area contributed by atoms with Gasteiger partial charge in [0.05, 0.1) is 30.2 Å². The van der Waals surface area contributed by atoms with Crippen LogP contribution in [0.2, 0.25) is 0 Å². The van der Waals surface area contributed by atoms with Crippen LogP contribution in [0.15, 0.2) is 36.7 Å². The Balaban J connectivity index is 0.00000320. The minimum atomic E-state index is -0.743. The van der Waals surface area contributed by atoms with Gasteiger partial charge in [0, 0.05) is 19.5 Å². The number of nitrogens with one attached hydrogen (secondary N) is 1. The summed E-state index contributed by atoms with van der Waals surface area (Å²) in [6.45, 7) is 6.06. The third kappa shape index (κ3) is 5.35. The van der Waals surface area contributed by atoms with E-state index < -0.39 is 23.6 Å². The van der Waals surface area contributed by atoms with E-state index in [1.165, 1.54) is 4.90 Å². The Hall–Kier alpha value is -2.49. The number of nitrogens with zero attached hydrogens (tertiary/aromatic N) is 4. The molecule has 30 heavy (non-hydrogen) atoms. The number of carbonyl (C=O) groups is 2. The molecule has 0 radical (unpaired) electrons. The van der Waals surface area contributed by atoms with Crippen LogP contribution in [0.5, 0.6) is 0 Å². The van der Waals surface area contributed by atoms with Gasteiger partial charge in [0.25, 0.3) is 0 Å². The molecule has 3 atom stereocenters. The lowest BCUT2D eigenvalue weighted by molar-refractivity contribution is -0.141. The van der Waals surface area contributed by atoms with Gasteiger partial charge in [-0.15, -0.1) is 17.5 Å². The summed E-state index contributed by atoms with van der Waals surface area (Å²) in [7, 11) is 0. The van der Waals surface area contributed by atoms with E-state index in [0.717, 1.165) is 11.3 Å². The lowest BCUT2D eigenvalue weighted by Gasteiger charge is -2.32. The molecule has 9 nitrogen and oxygen atoms in total. The van der Waals surface area contributed by atoms with E-state index in [1.54, 1.807) is 17.1 Å². The molecule has 1 aromatic heterocycles. The molecule has 0 spiro atoms. The van der Waals surface area contributed by atoms with Crippen LogP contribution in [0, 0.1) is 5.41 Å². The maximum Gasteiger partial charge on any atom is 0.243 e. The Kier molecular flexibility index (Phi) is 7.57. The van der Waals surface area contributed by atoms with Crippen molar-refractivity contribution in [3.63, 3.8) is 0 Å². The first kappa shape index (κ1) is 23.8. The monoisotopic (exact) mass is 436 g/mol. The zero-order valence-corrected chi connectivity index (χ0v) is 18.2. The second-order valence-electron chi connectivity index (χ2n) is 8.47. The van der Waals surface area contributed by atoms with Gasteiger partial charge in [0.2, 0.25) is 11.8 Å². The smallest absolute Gasteiger partial charge is 0.243 e. The number of nitrogens with two attached hydrogens (primary N) is 1. The number of halogens is 1. The number of aromatic nitrogens is 3. The average molecular weight is 437 g/mol. The third-order valence-electron chi connectivity index (χ3n) is 5.15. The van der Waals surface area contributed by atoms with Crippen LogP contribution in [0.25, 0.3) is 5.69 Å². The van der Waals surface area contributed by atoms with E-state index >= 15 is 0 Å². The topological polar surface area (TPSA) is 126 Å². The molecular formula is C20H29ClN6O3. The molecule has 3 rings (SSSR count). The fourth-order valence-corrected chi connectivity index (χ4v) is 3.27. The van der Waals surface area contributed by atoms with Gasteiger partial charge in [-0.2, -0.15) is 0 Å². The van der Waals surface area contributed by atoms with Crippen molar-refractivity contribution in [1.82, 2.24) is 25.2 Å². The van der Waals surface area contributed by atoms with Crippen molar-refractivity contribution >= 4 is 24.2 Å². The molecule has 2 amide bonds. The van der Waals surface area contributed by atoms with Gasteiger partial charge in [-0.25, -0.2) is 4.68 Å². The normalized spacial score (nSPS) is 19.8. The number of aliphatic hydroxyl groups is 1. The Bertz CT molecular complexity index is 850. The molecule has 0 saturated carbocycles. The molecule has 1 fully saturated rings. The van der Waals surface area contributed by atoms with Gasteiger partial charge in [0.1, 0.15) is 6.04 Å². The number of hydrogen-bond acceptors (Lipinski definition) is 6. The van der Waals surface area contributed by atoms with Gasteiger partial charge < -0.3 is 21.1 Å². The summed E-state index contributed by atoms with van der Waals surface area (Å²) in [5.74, 6) is -0.609. The van der Waals surface area contributed by atoms with E-state index in [1.807, 2.05) is 45.0 Å². The number of aliphatic hydroxyl groups excluding tert-OH is 1. The predicted molar refractivity (Wildman–Crippen MR) is 114 cm³/mol. The highest BCUT2D eigenvalue weighted by Gasteiger charge is 2.42. The summed E-state index contributed by atoms with van der Waals surface area (Å²) in [6.07, 6.45) is 2.82. The Morgan fingerprint density at radius 2 is 1.97 bits per heavy atom. The second kappa shape index (κ2) is 9.55. The zero-order chi connectivity index (χ0) is 21.2. The van der Waals surface area contributed by atoms with E-state index in [4.69, 9.17) is 5.73 Å². The fourth-order valence-electron chi connectivity index (χ4n) is 3.27. The first-order valence-corrected chi connectivity index (χ1v) is 9.64. The third-order valence-corrected chi connectivity index (χ3v) is 5.15. The summed E-state index contributed by atoms with van der Waals surface area (Å²) < 4.78 is 1.64. The summed E-state index contributed by atoms with van der Waals surface area (Å²) in [4.78, 5) is 26.9. The first-order chi connectivity index (χ1) is 13.7. The molecule has 1 aromatic carbocycles. The molecular weight excluding hydrogens is 408 g/mol. The highest BCUT2D eigenvalue weighted by molar-refractivity contribution is 5.90. The minimum Gasteiger partial charge on any atom is -0.391 e. The van der Waals surface area contributed by atoms with Crippen LogP contribution in [-0.4, -0.2) is 61.5 Å². The van der Waals surface area contributed by atoms with Crippen LogP contribution in [0.1, 0.15) is 32.8 Å². The van der Waals surface area contributed by atoms with Gasteiger partial charge in [-0.3, -0.25) is 9.59 Å². The Morgan fingerprint density at radius 1 is 1.30 bits per heavy atom. The van der Waals surface area contributed by atoms with Crippen LogP contribution >= 0.6 is 12.4 Å². The number of rotatable bonds is 5. The number of β-amino-alcohol motifs (C(OH)–C–C–N with tert-alkyl or cyclic N) is 1.